The summed E-state index contributed by atoms with van der Waals surface area (Å²) in [5.41, 5.74) is 6.23. The van der Waals surface area contributed by atoms with E-state index < -0.39 is 5.41 Å². The first-order valence-corrected chi connectivity index (χ1v) is 7.42. The maximum atomic E-state index is 12.5. The van der Waals surface area contributed by atoms with Crippen molar-refractivity contribution in [2.75, 3.05) is 34.0 Å². The van der Waals surface area contributed by atoms with Gasteiger partial charge in [0.15, 0.2) is 0 Å². The van der Waals surface area contributed by atoms with Crippen LogP contribution in [0.25, 0.3) is 0 Å². The van der Waals surface area contributed by atoms with E-state index in [1.165, 1.54) is 0 Å². The zero-order chi connectivity index (χ0) is 16.0. The lowest BCUT2D eigenvalue weighted by atomic mass is 9.79. The lowest BCUT2D eigenvalue weighted by Gasteiger charge is -2.34. The molecule has 0 radical (unpaired) electrons. The number of rotatable bonds is 6. The van der Waals surface area contributed by atoms with Crippen LogP contribution in [0.15, 0.2) is 18.2 Å². The lowest BCUT2D eigenvalue weighted by Crippen LogP contribution is -2.49. The zero-order valence-electron chi connectivity index (χ0n) is 13.2. The van der Waals surface area contributed by atoms with Crippen molar-refractivity contribution in [3.05, 3.63) is 23.8 Å². The van der Waals surface area contributed by atoms with Crippen molar-refractivity contribution in [2.24, 2.45) is 11.1 Å². The molecule has 1 aliphatic heterocycles. The highest BCUT2D eigenvalue weighted by molar-refractivity contribution is 5.83. The summed E-state index contributed by atoms with van der Waals surface area (Å²) in [6.07, 6.45) is 1.32. The predicted molar refractivity (Wildman–Crippen MR) is 82.9 cm³/mol. The van der Waals surface area contributed by atoms with Gasteiger partial charge in [-0.15, -0.1) is 0 Å². The summed E-state index contributed by atoms with van der Waals surface area (Å²) in [5, 5.41) is 2.98. The van der Waals surface area contributed by atoms with Gasteiger partial charge in [0, 0.05) is 37.9 Å². The molecule has 1 fully saturated rings. The molecule has 1 aromatic carbocycles. The van der Waals surface area contributed by atoms with Crippen molar-refractivity contribution in [3.63, 3.8) is 0 Å². The number of hydrogen-bond donors (Lipinski definition) is 2. The SMILES string of the molecule is COc1ccc(CNC(=O)C2(CN)CCOCC2)c(OC)c1. The van der Waals surface area contributed by atoms with Gasteiger partial charge in [0.1, 0.15) is 11.5 Å². The Morgan fingerprint density at radius 3 is 2.64 bits per heavy atom. The highest BCUT2D eigenvalue weighted by atomic mass is 16.5. The van der Waals surface area contributed by atoms with Crippen LogP contribution in [-0.4, -0.2) is 39.9 Å². The molecular formula is C16H24N2O4. The van der Waals surface area contributed by atoms with E-state index in [4.69, 9.17) is 19.9 Å². The number of benzene rings is 1. The van der Waals surface area contributed by atoms with Crippen LogP contribution in [0, 0.1) is 5.41 Å². The van der Waals surface area contributed by atoms with E-state index in [9.17, 15) is 4.79 Å². The molecule has 0 aromatic heterocycles. The van der Waals surface area contributed by atoms with Gasteiger partial charge in [-0.3, -0.25) is 4.79 Å². The van der Waals surface area contributed by atoms with Crippen molar-refractivity contribution >= 4 is 5.91 Å². The fraction of sp³-hybridized carbons (Fsp3) is 0.562. The summed E-state index contributed by atoms with van der Waals surface area (Å²) in [5.74, 6) is 1.39. The number of methoxy groups -OCH3 is 2. The predicted octanol–water partition coefficient (Wildman–Crippen LogP) is 1.08. The molecule has 2 rings (SSSR count). The lowest BCUT2D eigenvalue weighted by molar-refractivity contribution is -0.136. The third-order valence-corrected chi connectivity index (χ3v) is 4.26. The first kappa shape index (κ1) is 16.6. The second kappa shape index (κ2) is 7.47. The van der Waals surface area contributed by atoms with Crippen LogP contribution in [-0.2, 0) is 16.1 Å². The molecule has 6 heteroatoms. The highest BCUT2D eigenvalue weighted by Crippen LogP contribution is 2.30. The topological polar surface area (TPSA) is 82.8 Å². The van der Waals surface area contributed by atoms with Gasteiger partial charge in [0.2, 0.25) is 5.91 Å². The second-order valence-electron chi connectivity index (χ2n) is 5.46. The number of carbonyl (C=O) groups excluding carboxylic acids is 1. The molecule has 1 aromatic rings. The third-order valence-electron chi connectivity index (χ3n) is 4.26. The number of ether oxygens (including phenoxy) is 3. The Morgan fingerprint density at radius 1 is 1.32 bits per heavy atom. The van der Waals surface area contributed by atoms with E-state index in [0.29, 0.717) is 44.9 Å². The molecule has 0 bridgehead atoms. The van der Waals surface area contributed by atoms with E-state index in [1.807, 2.05) is 12.1 Å². The van der Waals surface area contributed by atoms with Gasteiger partial charge in [0.05, 0.1) is 19.6 Å². The van der Waals surface area contributed by atoms with Gasteiger partial charge in [0.25, 0.3) is 0 Å². The standard InChI is InChI=1S/C16H24N2O4/c1-20-13-4-3-12(14(9-13)21-2)10-18-15(19)16(11-17)5-7-22-8-6-16/h3-4,9H,5-8,10-11,17H2,1-2H3,(H,18,19). The van der Waals surface area contributed by atoms with Crippen molar-refractivity contribution in [1.29, 1.82) is 0 Å². The number of hydrogen-bond acceptors (Lipinski definition) is 5. The number of nitrogens with one attached hydrogen (secondary N) is 1. The Bertz CT molecular complexity index is 513. The molecular weight excluding hydrogens is 284 g/mol. The zero-order valence-corrected chi connectivity index (χ0v) is 13.2. The number of carbonyl (C=O) groups is 1. The van der Waals surface area contributed by atoms with E-state index in [0.717, 1.165) is 11.3 Å². The maximum absolute atomic E-state index is 12.5. The van der Waals surface area contributed by atoms with Gasteiger partial charge >= 0.3 is 0 Å². The molecule has 0 aliphatic carbocycles. The average molecular weight is 308 g/mol. The van der Waals surface area contributed by atoms with Gasteiger partial charge in [-0.25, -0.2) is 0 Å². The molecule has 3 N–H and O–H groups in total. The summed E-state index contributed by atoms with van der Waals surface area (Å²) < 4.78 is 15.8. The maximum Gasteiger partial charge on any atom is 0.227 e. The van der Waals surface area contributed by atoms with E-state index in [1.54, 1.807) is 20.3 Å². The minimum atomic E-state index is -0.516. The van der Waals surface area contributed by atoms with Crippen molar-refractivity contribution in [3.8, 4) is 11.5 Å². The average Bonchev–Trinajstić information content (AvgIpc) is 2.59. The highest BCUT2D eigenvalue weighted by Gasteiger charge is 2.38. The summed E-state index contributed by atoms with van der Waals surface area (Å²) in [4.78, 5) is 12.5. The van der Waals surface area contributed by atoms with Crippen LogP contribution in [0.2, 0.25) is 0 Å². The van der Waals surface area contributed by atoms with E-state index in [-0.39, 0.29) is 5.91 Å². The third kappa shape index (κ3) is 3.51. The summed E-state index contributed by atoms with van der Waals surface area (Å²) in [7, 11) is 3.20. The van der Waals surface area contributed by atoms with E-state index in [2.05, 4.69) is 5.32 Å². The van der Waals surface area contributed by atoms with Crippen molar-refractivity contribution < 1.29 is 19.0 Å². The van der Waals surface area contributed by atoms with Crippen molar-refractivity contribution in [2.45, 2.75) is 19.4 Å². The minimum absolute atomic E-state index is 0.0174. The molecule has 22 heavy (non-hydrogen) atoms. The molecule has 1 saturated heterocycles. The van der Waals surface area contributed by atoms with Crippen molar-refractivity contribution in [1.82, 2.24) is 5.32 Å². The number of nitrogens with two attached hydrogens (primary N) is 1. The first-order valence-electron chi connectivity index (χ1n) is 7.42. The van der Waals surface area contributed by atoms with Gasteiger partial charge in [-0.2, -0.15) is 0 Å². The van der Waals surface area contributed by atoms with Crippen LogP contribution < -0.4 is 20.5 Å². The Morgan fingerprint density at radius 2 is 2.05 bits per heavy atom. The molecule has 6 nitrogen and oxygen atoms in total. The van der Waals surface area contributed by atoms with Crippen LogP contribution in [0.5, 0.6) is 11.5 Å². The summed E-state index contributed by atoms with van der Waals surface area (Å²) in [6, 6.07) is 5.53. The Kier molecular flexibility index (Phi) is 5.63. The molecule has 0 spiro atoms. The summed E-state index contributed by atoms with van der Waals surface area (Å²) in [6.45, 7) is 1.89. The van der Waals surface area contributed by atoms with Gasteiger partial charge < -0.3 is 25.3 Å². The van der Waals surface area contributed by atoms with Crippen LogP contribution >= 0.6 is 0 Å². The molecule has 0 saturated carbocycles. The van der Waals surface area contributed by atoms with E-state index >= 15 is 0 Å². The van der Waals surface area contributed by atoms with Gasteiger partial charge in [-0.1, -0.05) is 0 Å². The molecule has 1 aliphatic rings. The summed E-state index contributed by atoms with van der Waals surface area (Å²) >= 11 is 0. The fourth-order valence-corrected chi connectivity index (χ4v) is 2.65. The fourth-order valence-electron chi connectivity index (χ4n) is 2.65. The molecule has 0 unspecified atom stereocenters. The van der Waals surface area contributed by atoms with Crippen LogP contribution in [0.1, 0.15) is 18.4 Å². The smallest absolute Gasteiger partial charge is 0.227 e. The molecule has 122 valence electrons. The Balaban J connectivity index is 2.04. The van der Waals surface area contributed by atoms with Crippen LogP contribution in [0.3, 0.4) is 0 Å². The number of amides is 1. The largest absolute Gasteiger partial charge is 0.497 e. The van der Waals surface area contributed by atoms with Crippen LogP contribution in [0.4, 0.5) is 0 Å². The molecule has 0 atom stereocenters. The minimum Gasteiger partial charge on any atom is -0.497 e. The molecule has 1 heterocycles. The molecule has 1 amide bonds. The Labute approximate surface area is 130 Å². The monoisotopic (exact) mass is 308 g/mol. The van der Waals surface area contributed by atoms with Gasteiger partial charge in [-0.05, 0) is 25.0 Å². The second-order valence-corrected chi connectivity index (χ2v) is 5.46. The Hall–Kier alpha value is -1.79. The normalized spacial score (nSPS) is 16.9. The first-order chi connectivity index (χ1) is 10.6. The quantitative estimate of drug-likeness (QED) is 0.821.